The van der Waals surface area contributed by atoms with E-state index in [9.17, 15) is 18.4 Å². The third-order valence-corrected chi connectivity index (χ3v) is 8.20. The number of ether oxygens (including phenoxy) is 4. The summed E-state index contributed by atoms with van der Waals surface area (Å²) < 4.78 is 49.7. The van der Waals surface area contributed by atoms with Crippen LogP contribution in [0, 0.1) is 11.6 Å². The molecule has 2 amide bonds. The van der Waals surface area contributed by atoms with Crippen molar-refractivity contribution in [3.8, 4) is 0 Å². The third-order valence-electron chi connectivity index (χ3n) is 7.87. The minimum atomic E-state index is -0.482. The Kier molecular flexibility index (Phi) is 16.1. The predicted molar refractivity (Wildman–Crippen MR) is 195 cm³/mol. The van der Waals surface area contributed by atoms with Gasteiger partial charge in [-0.3, -0.25) is 9.80 Å². The fourth-order valence-corrected chi connectivity index (χ4v) is 5.48. The predicted octanol–water partition coefficient (Wildman–Crippen LogP) is 3.75. The molecule has 0 radical (unpaired) electrons. The summed E-state index contributed by atoms with van der Waals surface area (Å²) in [4.78, 5) is 34.4. The first-order valence-corrected chi connectivity index (χ1v) is 16.6. The number of aliphatic imine (C=N–C) groups is 1. The largest absolute Gasteiger partial charge is 0.443 e. The van der Waals surface area contributed by atoms with Crippen LogP contribution in [0.25, 0.3) is 0 Å². The average Bonchev–Trinajstić information content (AvgIpc) is 3.69. The van der Waals surface area contributed by atoms with Gasteiger partial charge in [0.15, 0.2) is 0 Å². The lowest BCUT2D eigenvalue weighted by Gasteiger charge is -2.29. The molecule has 6 rings (SSSR count). The molecule has 0 aliphatic carbocycles. The molecule has 274 valence electrons. The normalized spacial score (nSPS) is 19.9. The number of carbonyl (C=O) groups excluding carboxylic acids is 2. The van der Waals surface area contributed by atoms with E-state index in [1.54, 1.807) is 38.2 Å². The maximum absolute atomic E-state index is 14.5. The van der Waals surface area contributed by atoms with Crippen LogP contribution in [0.3, 0.4) is 0 Å². The van der Waals surface area contributed by atoms with E-state index < -0.39 is 12.2 Å². The van der Waals surface area contributed by atoms with Gasteiger partial charge in [0.25, 0.3) is 0 Å². The molecule has 4 heterocycles. The molecule has 14 nitrogen and oxygen atoms in total. The van der Waals surface area contributed by atoms with Crippen molar-refractivity contribution in [2.24, 2.45) is 10.7 Å². The molecule has 2 aromatic rings. The molecular weight excluding hydrogens is 695 g/mol. The lowest BCUT2D eigenvalue weighted by molar-refractivity contribution is 0.122. The van der Waals surface area contributed by atoms with Gasteiger partial charge < -0.3 is 45.9 Å². The van der Waals surface area contributed by atoms with Crippen molar-refractivity contribution in [3.05, 3.63) is 48.0 Å². The summed E-state index contributed by atoms with van der Waals surface area (Å²) >= 11 is 9.08. The average molecular weight is 739 g/mol. The number of nitrogens with zero attached hydrogens (tertiary/aromatic N) is 5. The maximum atomic E-state index is 14.5. The second-order valence-electron chi connectivity index (χ2n) is 11.2. The highest BCUT2D eigenvalue weighted by atomic mass is 32.1. The number of amides is 2. The van der Waals surface area contributed by atoms with Gasteiger partial charge in [-0.05, 0) is 55.5 Å². The number of benzene rings is 2. The summed E-state index contributed by atoms with van der Waals surface area (Å²) in [5.74, 6) is -0.697. The van der Waals surface area contributed by atoms with Gasteiger partial charge >= 0.3 is 12.2 Å². The Bertz CT molecular complexity index is 1510. The van der Waals surface area contributed by atoms with Gasteiger partial charge in [0, 0.05) is 39.8 Å². The Labute approximate surface area is 301 Å². The molecule has 4 aliphatic heterocycles. The van der Waals surface area contributed by atoms with Gasteiger partial charge in [0.2, 0.25) is 0 Å². The number of halogens is 2. The number of carbonyl (C=O) groups is 2. The number of morpholine rings is 2. The van der Waals surface area contributed by atoms with E-state index in [1.807, 2.05) is 9.80 Å². The van der Waals surface area contributed by atoms with E-state index in [1.165, 1.54) is 21.9 Å². The smallest absolute Gasteiger partial charge is 0.414 e. The van der Waals surface area contributed by atoms with Crippen LogP contribution in [0.2, 0.25) is 0 Å². The minimum absolute atomic E-state index is 0. The number of hydrogen-bond donors (Lipinski definition) is 3. The number of thiocarbonyl (C=S) groups is 2. The fraction of sp³-hybridized carbons (Fsp3) is 0.500. The van der Waals surface area contributed by atoms with Gasteiger partial charge in [0.1, 0.15) is 23.8 Å². The second-order valence-corrected chi connectivity index (χ2v) is 12.0. The van der Waals surface area contributed by atoms with E-state index >= 15 is 0 Å². The topological polar surface area (TPSA) is 169 Å². The molecule has 0 saturated carbocycles. The molecular formula is C32H44F2N8O6S2. The van der Waals surface area contributed by atoms with Gasteiger partial charge in [-0.25, -0.2) is 23.4 Å². The second kappa shape index (κ2) is 20.0. The van der Waals surface area contributed by atoms with E-state index in [-0.39, 0.29) is 36.5 Å². The third kappa shape index (κ3) is 11.0. The van der Waals surface area contributed by atoms with Crippen molar-refractivity contribution >= 4 is 69.5 Å². The summed E-state index contributed by atoms with van der Waals surface area (Å²) in [7, 11) is 1.59. The molecule has 18 heteroatoms. The molecule has 2 unspecified atom stereocenters. The number of rotatable bonds is 7. The summed E-state index contributed by atoms with van der Waals surface area (Å²) in [6.45, 7) is 8.22. The Balaban J connectivity index is 0.000000242. The quantitative estimate of drug-likeness (QED) is 0.278. The lowest BCUT2D eigenvalue weighted by atomic mass is 10.2. The monoisotopic (exact) mass is 738 g/mol. The number of nitrogens with one attached hydrogen (secondary N) is 1. The summed E-state index contributed by atoms with van der Waals surface area (Å²) in [5.41, 5.74) is 7.54. The van der Waals surface area contributed by atoms with E-state index in [0.717, 1.165) is 0 Å². The van der Waals surface area contributed by atoms with Crippen LogP contribution in [0.15, 0.2) is 41.4 Å². The van der Waals surface area contributed by atoms with E-state index in [4.69, 9.17) is 36.9 Å². The zero-order valence-electron chi connectivity index (χ0n) is 28.1. The van der Waals surface area contributed by atoms with Crippen molar-refractivity contribution in [2.45, 2.75) is 19.1 Å². The molecule has 6 N–H and O–H groups in total. The van der Waals surface area contributed by atoms with Crippen molar-refractivity contribution in [1.29, 1.82) is 0 Å². The number of hydrogen-bond acceptors (Lipinski definition) is 13. The van der Waals surface area contributed by atoms with Crippen molar-refractivity contribution < 1.29 is 37.3 Å². The SMILES string of the molecule is CC(=S)NCC1CN(c2ccc(N3CCOCC3)c(F)c2)C(=O)O1.CN=C=S.N.NCC1CN(c2ccc(N3CCOCC3)c(F)c2)C(=O)O1. The summed E-state index contributed by atoms with van der Waals surface area (Å²) in [5, 5.41) is 5.12. The molecule has 2 atom stereocenters. The standard InChI is InChI=1S/C16H20FN3O3S.C14H18FN3O3.C2H3NS.H3N/c1-11(24)18-9-13-10-20(16(21)23-13)12-2-3-15(14(17)8-12)19-4-6-22-7-5-19;15-12-7-10(18-9-11(8-16)21-14(18)19)1-2-13(12)17-3-5-20-6-4-17;1-3-2-4;/h2-3,8,13H,4-7,9-10H2,1H3,(H,18,24);1-2,7,11H,3-6,8-9,16H2;1H3;1H3. The van der Waals surface area contributed by atoms with Crippen molar-refractivity contribution in [1.82, 2.24) is 11.5 Å². The van der Waals surface area contributed by atoms with Crippen LogP contribution >= 0.6 is 24.4 Å². The van der Waals surface area contributed by atoms with Gasteiger partial charge in [0.05, 0.1) is 79.0 Å². The first-order valence-electron chi connectivity index (χ1n) is 15.8. The molecule has 0 bridgehead atoms. The van der Waals surface area contributed by atoms with Crippen LogP contribution in [0.5, 0.6) is 0 Å². The van der Waals surface area contributed by atoms with Gasteiger partial charge in [-0.1, -0.05) is 12.2 Å². The zero-order valence-corrected chi connectivity index (χ0v) is 29.8. The van der Waals surface area contributed by atoms with E-state index in [2.05, 4.69) is 27.7 Å². The van der Waals surface area contributed by atoms with Crippen LogP contribution in [-0.4, -0.2) is 120 Å². The molecule has 0 aromatic heterocycles. The summed E-state index contributed by atoms with van der Waals surface area (Å²) in [6, 6.07) is 9.62. The Hall–Kier alpha value is -4.03. The lowest BCUT2D eigenvalue weighted by Crippen LogP contribution is -2.36. The zero-order chi connectivity index (χ0) is 35.3. The number of isothiocyanates is 1. The number of anilines is 4. The highest BCUT2D eigenvalue weighted by molar-refractivity contribution is 7.80. The molecule has 4 saturated heterocycles. The molecule has 4 aliphatic rings. The maximum Gasteiger partial charge on any atom is 0.414 e. The van der Waals surface area contributed by atoms with Crippen LogP contribution in [0.4, 0.5) is 41.1 Å². The Morgan fingerprint density at radius 1 is 0.880 bits per heavy atom. The number of cyclic esters (lactones) is 2. The van der Waals surface area contributed by atoms with Crippen molar-refractivity contribution in [2.75, 3.05) is 105 Å². The van der Waals surface area contributed by atoms with Gasteiger partial charge in [-0.2, -0.15) is 0 Å². The molecule has 2 aromatic carbocycles. The fourth-order valence-electron chi connectivity index (χ4n) is 5.40. The Morgan fingerprint density at radius 2 is 1.30 bits per heavy atom. The number of nitrogens with two attached hydrogens (primary N) is 1. The minimum Gasteiger partial charge on any atom is -0.443 e. The summed E-state index contributed by atoms with van der Waals surface area (Å²) in [6.07, 6.45) is -1.59. The molecule has 4 fully saturated rings. The first-order chi connectivity index (χ1) is 23.6. The van der Waals surface area contributed by atoms with Crippen LogP contribution < -0.4 is 36.8 Å². The van der Waals surface area contributed by atoms with Gasteiger partial charge in [-0.15, -0.1) is 0 Å². The first kappa shape index (κ1) is 40.4. The molecule has 0 spiro atoms. The highest BCUT2D eigenvalue weighted by Gasteiger charge is 2.33. The van der Waals surface area contributed by atoms with Crippen LogP contribution in [-0.2, 0) is 18.9 Å². The Morgan fingerprint density at radius 3 is 1.66 bits per heavy atom. The highest BCUT2D eigenvalue weighted by Crippen LogP contribution is 2.29. The van der Waals surface area contributed by atoms with E-state index in [0.29, 0.717) is 100.0 Å². The van der Waals surface area contributed by atoms with Crippen molar-refractivity contribution in [3.63, 3.8) is 0 Å². The van der Waals surface area contributed by atoms with Crippen LogP contribution in [0.1, 0.15) is 6.92 Å². The molecule has 50 heavy (non-hydrogen) atoms.